The number of anilines is 2. The molecule has 0 spiro atoms. The van der Waals surface area contributed by atoms with Crippen molar-refractivity contribution in [3.8, 4) is 0 Å². The molecule has 0 radical (unpaired) electrons. The van der Waals surface area contributed by atoms with Gasteiger partial charge in [0.05, 0.1) is 5.25 Å². The molecular weight excluding hydrogens is 296 g/mol. The molecule has 1 unspecified atom stereocenters. The average Bonchev–Trinajstić information content (AvgIpc) is 2.67. The summed E-state index contributed by atoms with van der Waals surface area (Å²) >= 11 is 1.69. The van der Waals surface area contributed by atoms with Crippen LogP contribution in [0.4, 0.5) is 11.4 Å². The van der Waals surface area contributed by atoms with E-state index in [2.05, 4.69) is 17.6 Å². The second-order valence-electron chi connectivity index (χ2n) is 5.63. The molecule has 120 valence electrons. The monoisotopic (exact) mass is 320 g/mol. The smallest absolute Gasteiger partial charge is 0.237 e. The van der Waals surface area contributed by atoms with Crippen LogP contribution in [0.1, 0.15) is 45.1 Å². The maximum atomic E-state index is 12.2. The van der Waals surface area contributed by atoms with Crippen LogP contribution in [-0.2, 0) is 16.0 Å². The van der Waals surface area contributed by atoms with E-state index >= 15 is 0 Å². The first-order valence-electron chi connectivity index (χ1n) is 7.95. The van der Waals surface area contributed by atoms with E-state index in [0.717, 1.165) is 48.4 Å². The molecule has 1 heterocycles. The molecule has 0 saturated heterocycles. The third kappa shape index (κ3) is 4.77. The number of aryl methyl sites for hydroxylation is 1. The van der Waals surface area contributed by atoms with Gasteiger partial charge in [0, 0.05) is 17.8 Å². The maximum absolute atomic E-state index is 12.2. The highest BCUT2D eigenvalue weighted by atomic mass is 32.2. The highest BCUT2D eigenvalue weighted by Gasteiger charge is 2.16. The van der Waals surface area contributed by atoms with E-state index in [4.69, 9.17) is 0 Å². The van der Waals surface area contributed by atoms with Gasteiger partial charge in [-0.3, -0.25) is 9.59 Å². The number of thioether (sulfide) groups is 1. The van der Waals surface area contributed by atoms with Gasteiger partial charge in [-0.15, -0.1) is 11.8 Å². The first kappa shape index (κ1) is 16.9. The van der Waals surface area contributed by atoms with Crippen LogP contribution in [0.2, 0.25) is 0 Å². The summed E-state index contributed by atoms with van der Waals surface area (Å²) in [5.74, 6) is 1.12. The van der Waals surface area contributed by atoms with Crippen molar-refractivity contribution in [3.05, 3.63) is 23.8 Å². The van der Waals surface area contributed by atoms with Crippen LogP contribution in [0.15, 0.2) is 18.2 Å². The van der Waals surface area contributed by atoms with E-state index in [9.17, 15) is 9.59 Å². The molecule has 5 heteroatoms. The normalized spacial score (nSPS) is 15.5. The van der Waals surface area contributed by atoms with Crippen molar-refractivity contribution in [2.45, 2.75) is 51.2 Å². The minimum absolute atomic E-state index is 0.0405. The van der Waals surface area contributed by atoms with Crippen LogP contribution in [0, 0.1) is 0 Å². The number of hydrogen-bond acceptors (Lipinski definition) is 3. The Labute approximate surface area is 136 Å². The number of nitrogens with one attached hydrogen (secondary N) is 2. The van der Waals surface area contributed by atoms with E-state index in [1.807, 2.05) is 25.1 Å². The Bertz CT molecular complexity index is 545. The summed E-state index contributed by atoms with van der Waals surface area (Å²) in [6, 6.07) is 5.71. The predicted molar refractivity (Wildman–Crippen MR) is 93.5 cm³/mol. The standard InChI is InChI=1S/C17H24N2O2S/c1-3-4-10-22-12(2)17(21)18-14-8-9-15-13(11-14)6-5-7-16(20)19-15/h8-9,11-12H,3-7,10H2,1-2H3,(H,18,21)(H,19,20). The largest absolute Gasteiger partial charge is 0.326 e. The number of fused-ring (bicyclic) bond motifs is 1. The number of amides is 2. The minimum atomic E-state index is -0.0509. The molecule has 1 aliphatic rings. The summed E-state index contributed by atoms with van der Waals surface area (Å²) in [6.07, 6.45) is 4.55. The van der Waals surface area contributed by atoms with Crippen LogP contribution >= 0.6 is 11.8 Å². The summed E-state index contributed by atoms with van der Waals surface area (Å²) in [7, 11) is 0. The molecule has 0 aliphatic carbocycles. The second kappa shape index (κ2) is 8.22. The van der Waals surface area contributed by atoms with Crippen LogP contribution in [0.3, 0.4) is 0 Å². The number of carbonyl (C=O) groups is 2. The van der Waals surface area contributed by atoms with E-state index in [1.54, 1.807) is 11.8 Å². The lowest BCUT2D eigenvalue weighted by molar-refractivity contribution is -0.116. The molecule has 2 N–H and O–H groups in total. The van der Waals surface area contributed by atoms with Gasteiger partial charge in [0.1, 0.15) is 0 Å². The third-order valence-corrected chi connectivity index (χ3v) is 4.97. The molecule has 0 bridgehead atoms. The number of rotatable bonds is 6. The van der Waals surface area contributed by atoms with E-state index in [0.29, 0.717) is 6.42 Å². The average molecular weight is 320 g/mol. The lowest BCUT2D eigenvalue weighted by Crippen LogP contribution is -2.23. The van der Waals surface area contributed by atoms with Gasteiger partial charge in [0.2, 0.25) is 11.8 Å². The Balaban J connectivity index is 1.97. The molecule has 2 amide bonds. The lowest BCUT2D eigenvalue weighted by Gasteiger charge is -2.14. The van der Waals surface area contributed by atoms with Gasteiger partial charge in [-0.2, -0.15) is 0 Å². The zero-order valence-corrected chi connectivity index (χ0v) is 14.1. The van der Waals surface area contributed by atoms with Crippen molar-refractivity contribution >= 4 is 35.0 Å². The fourth-order valence-electron chi connectivity index (χ4n) is 2.38. The van der Waals surface area contributed by atoms with E-state index < -0.39 is 0 Å². The van der Waals surface area contributed by atoms with Gasteiger partial charge in [0.15, 0.2) is 0 Å². The Morgan fingerprint density at radius 1 is 1.41 bits per heavy atom. The zero-order valence-electron chi connectivity index (χ0n) is 13.3. The zero-order chi connectivity index (χ0) is 15.9. The van der Waals surface area contributed by atoms with E-state index in [1.165, 1.54) is 0 Å². The molecule has 1 aliphatic heterocycles. The van der Waals surface area contributed by atoms with Crippen molar-refractivity contribution in [1.29, 1.82) is 0 Å². The molecule has 1 aromatic carbocycles. The van der Waals surface area contributed by atoms with Crippen molar-refractivity contribution < 1.29 is 9.59 Å². The molecule has 4 nitrogen and oxygen atoms in total. The quantitative estimate of drug-likeness (QED) is 0.783. The number of unbranched alkanes of at least 4 members (excludes halogenated alkanes) is 1. The molecule has 2 rings (SSSR count). The van der Waals surface area contributed by atoms with Gasteiger partial charge < -0.3 is 10.6 Å². The van der Waals surface area contributed by atoms with Gasteiger partial charge in [-0.05, 0) is 55.7 Å². The Kier molecular flexibility index (Phi) is 6.31. The Morgan fingerprint density at radius 2 is 2.23 bits per heavy atom. The van der Waals surface area contributed by atoms with Gasteiger partial charge in [0.25, 0.3) is 0 Å². The predicted octanol–water partition coefficient (Wildman–Crippen LogP) is 3.82. The first-order valence-corrected chi connectivity index (χ1v) is 9.00. The number of benzene rings is 1. The molecule has 0 aromatic heterocycles. The number of carbonyl (C=O) groups excluding carboxylic acids is 2. The molecule has 0 fully saturated rings. The summed E-state index contributed by atoms with van der Waals surface area (Å²) in [5.41, 5.74) is 2.77. The van der Waals surface area contributed by atoms with Gasteiger partial charge in [-0.25, -0.2) is 0 Å². The van der Waals surface area contributed by atoms with Crippen LogP contribution < -0.4 is 10.6 Å². The van der Waals surface area contributed by atoms with Gasteiger partial charge >= 0.3 is 0 Å². The maximum Gasteiger partial charge on any atom is 0.237 e. The Morgan fingerprint density at radius 3 is 3.00 bits per heavy atom. The van der Waals surface area contributed by atoms with Crippen LogP contribution in [0.25, 0.3) is 0 Å². The summed E-state index contributed by atoms with van der Waals surface area (Å²) in [5, 5.41) is 5.83. The lowest BCUT2D eigenvalue weighted by atomic mass is 10.1. The molecular formula is C17H24N2O2S. The highest BCUT2D eigenvalue weighted by Crippen LogP contribution is 2.26. The van der Waals surface area contributed by atoms with Crippen LogP contribution in [0.5, 0.6) is 0 Å². The second-order valence-corrected chi connectivity index (χ2v) is 7.08. The number of hydrogen-bond donors (Lipinski definition) is 2. The topological polar surface area (TPSA) is 58.2 Å². The third-order valence-electron chi connectivity index (χ3n) is 3.73. The highest BCUT2D eigenvalue weighted by molar-refractivity contribution is 8.00. The fraction of sp³-hybridized carbons (Fsp3) is 0.529. The van der Waals surface area contributed by atoms with Crippen molar-refractivity contribution in [2.75, 3.05) is 16.4 Å². The molecule has 0 saturated carbocycles. The molecule has 1 atom stereocenters. The van der Waals surface area contributed by atoms with Crippen molar-refractivity contribution in [1.82, 2.24) is 0 Å². The summed E-state index contributed by atoms with van der Waals surface area (Å²) in [4.78, 5) is 23.7. The van der Waals surface area contributed by atoms with E-state index in [-0.39, 0.29) is 17.1 Å². The minimum Gasteiger partial charge on any atom is -0.326 e. The summed E-state index contributed by atoms with van der Waals surface area (Å²) < 4.78 is 0. The SMILES string of the molecule is CCCCSC(C)C(=O)Nc1ccc2c(c1)CCCC(=O)N2. The summed E-state index contributed by atoms with van der Waals surface area (Å²) in [6.45, 7) is 4.10. The Hall–Kier alpha value is -1.49. The van der Waals surface area contributed by atoms with Gasteiger partial charge in [-0.1, -0.05) is 13.3 Å². The van der Waals surface area contributed by atoms with Crippen molar-refractivity contribution in [3.63, 3.8) is 0 Å². The van der Waals surface area contributed by atoms with Crippen molar-refractivity contribution in [2.24, 2.45) is 0 Å². The fourth-order valence-corrected chi connectivity index (χ4v) is 3.40. The molecule has 22 heavy (non-hydrogen) atoms. The first-order chi connectivity index (χ1) is 10.6. The van der Waals surface area contributed by atoms with Crippen LogP contribution in [-0.4, -0.2) is 22.8 Å². The molecule has 1 aromatic rings.